The Morgan fingerprint density at radius 3 is 1.98 bits per heavy atom. The predicted octanol–water partition coefficient (Wildman–Crippen LogP) is 7.04. The van der Waals surface area contributed by atoms with Crippen molar-refractivity contribution in [3.63, 3.8) is 0 Å². The Bertz CT molecular complexity index is 1730. The van der Waals surface area contributed by atoms with Crippen molar-refractivity contribution in [1.82, 2.24) is 9.80 Å². The number of rotatable bonds is 16. The molecule has 2 fully saturated rings. The first-order valence-corrected chi connectivity index (χ1v) is 19.0. The van der Waals surface area contributed by atoms with Gasteiger partial charge in [-0.05, 0) is 53.8 Å². The number of hydrogen-bond acceptors (Lipinski definition) is 8. The van der Waals surface area contributed by atoms with Crippen molar-refractivity contribution in [2.45, 2.75) is 76.6 Å². The van der Waals surface area contributed by atoms with Crippen LogP contribution in [0.2, 0.25) is 0 Å². The summed E-state index contributed by atoms with van der Waals surface area (Å²) in [6.07, 6.45) is 4.12. The average molecular weight is 720 g/mol. The molecule has 0 saturated carbocycles. The van der Waals surface area contributed by atoms with E-state index in [2.05, 4.69) is 50.8 Å². The highest BCUT2D eigenvalue weighted by atomic mass is 16.7. The molecule has 4 aromatic rings. The zero-order valence-corrected chi connectivity index (χ0v) is 30.5. The minimum atomic E-state index is -0.549. The van der Waals surface area contributed by atoms with Gasteiger partial charge in [0, 0.05) is 69.8 Å². The molecule has 2 aliphatic rings. The second kappa shape index (κ2) is 19.5. The molecule has 0 bridgehead atoms. The van der Waals surface area contributed by atoms with Gasteiger partial charge in [-0.3, -0.25) is 19.4 Å². The van der Waals surface area contributed by atoms with E-state index in [1.807, 2.05) is 60.7 Å². The van der Waals surface area contributed by atoms with Crippen molar-refractivity contribution in [2.75, 3.05) is 49.1 Å². The van der Waals surface area contributed by atoms with Crippen LogP contribution >= 0.6 is 0 Å². The summed E-state index contributed by atoms with van der Waals surface area (Å²) < 4.78 is 13.2. The first kappa shape index (κ1) is 38.2. The number of unbranched alkanes of at least 4 members (excludes halogenated alkanes) is 3. The van der Waals surface area contributed by atoms with E-state index in [0.717, 1.165) is 93.8 Å². The van der Waals surface area contributed by atoms with Crippen LogP contribution in [0.1, 0.15) is 79.6 Å². The number of nitrogens with two attached hydrogens (primary N) is 1. The summed E-state index contributed by atoms with van der Waals surface area (Å²) in [4.78, 5) is 30.0. The fourth-order valence-electron chi connectivity index (χ4n) is 6.99. The van der Waals surface area contributed by atoms with Gasteiger partial charge in [0.25, 0.3) is 0 Å². The van der Waals surface area contributed by atoms with Crippen molar-refractivity contribution in [3.8, 4) is 0 Å². The number of para-hydroxylation sites is 2. The number of aliphatic hydroxyl groups is 1. The molecule has 6 rings (SSSR count). The largest absolute Gasteiger partial charge is 0.397 e. The van der Waals surface area contributed by atoms with E-state index in [-0.39, 0.29) is 30.6 Å². The highest BCUT2D eigenvalue weighted by Crippen LogP contribution is 2.38. The third-order valence-corrected chi connectivity index (χ3v) is 10.0. The lowest BCUT2D eigenvalue weighted by atomic mass is 9.99. The molecule has 0 spiro atoms. The summed E-state index contributed by atoms with van der Waals surface area (Å²) in [5.74, 6) is -0.0837. The highest BCUT2D eigenvalue weighted by Gasteiger charge is 2.34. The lowest BCUT2D eigenvalue weighted by molar-refractivity contribution is -0.253. The summed E-state index contributed by atoms with van der Waals surface area (Å²) in [5.41, 5.74) is 12.0. The van der Waals surface area contributed by atoms with Crippen LogP contribution in [0, 0.1) is 0 Å². The van der Waals surface area contributed by atoms with Crippen molar-refractivity contribution >= 4 is 28.9 Å². The fraction of sp³-hybridized carbons (Fsp3) is 0.395. The molecule has 5 N–H and O–H groups in total. The molecule has 0 aliphatic carbocycles. The third kappa shape index (κ3) is 11.7. The van der Waals surface area contributed by atoms with Crippen molar-refractivity contribution < 1.29 is 24.2 Å². The van der Waals surface area contributed by atoms with Gasteiger partial charge in [-0.2, -0.15) is 0 Å². The fourth-order valence-corrected chi connectivity index (χ4v) is 6.99. The summed E-state index contributed by atoms with van der Waals surface area (Å²) in [6.45, 7) is 5.82. The number of nitrogens with zero attached hydrogens (tertiary/aromatic N) is 2. The molecule has 3 unspecified atom stereocenters. The molecule has 4 aromatic carbocycles. The quantitative estimate of drug-likeness (QED) is 0.0717. The molecule has 0 radical (unpaired) electrons. The Balaban J connectivity index is 0.965. The predicted molar refractivity (Wildman–Crippen MR) is 209 cm³/mol. The molecule has 280 valence electrons. The van der Waals surface area contributed by atoms with Gasteiger partial charge < -0.3 is 30.9 Å². The van der Waals surface area contributed by atoms with Crippen LogP contribution in [0.5, 0.6) is 0 Å². The maximum Gasteiger partial charge on any atom is 0.224 e. The van der Waals surface area contributed by atoms with Gasteiger partial charge in [-0.25, -0.2) is 0 Å². The minimum absolute atomic E-state index is 0.00547. The minimum Gasteiger partial charge on any atom is -0.397 e. The topological polar surface area (TPSA) is 129 Å². The summed E-state index contributed by atoms with van der Waals surface area (Å²) in [6, 6.07) is 33.6. The lowest BCUT2D eigenvalue weighted by Gasteiger charge is -2.40. The van der Waals surface area contributed by atoms with Crippen LogP contribution in [0.25, 0.3) is 0 Å². The van der Waals surface area contributed by atoms with Gasteiger partial charge >= 0.3 is 0 Å². The van der Waals surface area contributed by atoms with Gasteiger partial charge in [-0.1, -0.05) is 91.7 Å². The first-order chi connectivity index (χ1) is 25.9. The van der Waals surface area contributed by atoms with E-state index in [4.69, 9.17) is 15.2 Å². The normalized spacial score (nSPS) is 19.5. The molecule has 10 nitrogen and oxygen atoms in total. The number of benzene rings is 4. The van der Waals surface area contributed by atoms with E-state index < -0.39 is 6.29 Å². The number of nitrogen functional groups attached to an aromatic ring is 1. The van der Waals surface area contributed by atoms with Gasteiger partial charge in [0.2, 0.25) is 11.8 Å². The number of amides is 2. The number of ether oxygens (including phenoxy) is 2. The molecule has 2 heterocycles. The molecule has 10 heteroatoms. The Labute approximate surface area is 313 Å². The number of carbonyl (C=O) groups excluding carboxylic acids is 2. The highest BCUT2D eigenvalue weighted by molar-refractivity contribution is 5.93. The van der Waals surface area contributed by atoms with Crippen LogP contribution in [-0.4, -0.2) is 65.5 Å². The number of piperazine rings is 1. The zero-order chi connectivity index (χ0) is 36.8. The maximum absolute atomic E-state index is 12.7. The molecule has 2 aliphatic heterocycles. The number of anilines is 3. The van der Waals surface area contributed by atoms with Crippen molar-refractivity contribution in [2.24, 2.45) is 0 Å². The van der Waals surface area contributed by atoms with Gasteiger partial charge in [0.05, 0.1) is 30.2 Å². The van der Waals surface area contributed by atoms with Crippen LogP contribution < -0.4 is 16.4 Å². The lowest BCUT2D eigenvalue weighted by Crippen LogP contribution is -2.49. The van der Waals surface area contributed by atoms with Crippen LogP contribution in [-0.2, 0) is 32.2 Å². The van der Waals surface area contributed by atoms with E-state index in [0.29, 0.717) is 24.2 Å². The standard InChI is InChI=1S/C43H53N5O5/c44-38-12-8-9-13-39(38)46-42(51)15-7-2-1-6-14-41(50)45-36-22-20-35(21-23-36)43-52-37(28-40(53-43)34-18-16-33(31-49)17-19-34)30-48-26-24-47(25-27-48)29-32-10-4-3-5-11-32/h3-5,8-13,16-23,37,40,43,49H,1-2,6-7,14-15,24-31,44H2,(H,45,50)(H,46,51). The Morgan fingerprint density at radius 2 is 1.30 bits per heavy atom. The second-order valence-corrected chi connectivity index (χ2v) is 14.1. The number of aliphatic hydroxyl groups excluding tert-OH is 1. The van der Waals surface area contributed by atoms with Crippen LogP contribution in [0.15, 0.2) is 103 Å². The smallest absolute Gasteiger partial charge is 0.224 e. The van der Waals surface area contributed by atoms with Crippen molar-refractivity contribution in [1.29, 1.82) is 0 Å². The van der Waals surface area contributed by atoms with Crippen molar-refractivity contribution in [3.05, 3.63) is 125 Å². The Hall–Kier alpha value is -4.58. The molecule has 53 heavy (non-hydrogen) atoms. The molecule has 0 aromatic heterocycles. The SMILES string of the molecule is Nc1ccccc1NC(=O)CCCCCCC(=O)Nc1ccc(C2OC(CN3CCN(Cc4ccccc4)CC3)CC(c3ccc(CO)cc3)O2)cc1. The van der Waals surface area contributed by atoms with Gasteiger partial charge in [-0.15, -0.1) is 0 Å². The average Bonchev–Trinajstić information content (AvgIpc) is 3.18. The third-order valence-electron chi connectivity index (χ3n) is 10.0. The Kier molecular flexibility index (Phi) is 14.0. The van der Waals surface area contributed by atoms with E-state index >= 15 is 0 Å². The van der Waals surface area contributed by atoms with E-state index in [9.17, 15) is 14.7 Å². The summed E-state index contributed by atoms with van der Waals surface area (Å²) in [7, 11) is 0. The first-order valence-electron chi connectivity index (χ1n) is 19.0. The number of nitrogens with one attached hydrogen (secondary N) is 2. The zero-order valence-electron chi connectivity index (χ0n) is 30.5. The number of hydrogen-bond donors (Lipinski definition) is 4. The maximum atomic E-state index is 12.7. The van der Waals surface area contributed by atoms with Crippen LogP contribution in [0.3, 0.4) is 0 Å². The Morgan fingerprint density at radius 1 is 0.679 bits per heavy atom. The second-order valence-electron chi connectivity index (χ2n) is 14.1. The van der Waals surface area contributed by atoms with Crippen LogP contribution in [0.4, 0.5) is 17.1 Å². The molecule has 2 amide bonds. The summed E-state index contributed by atoms with van der Waals surface area (Å²) in [5, 5.41) is 15.4. The van der Waals surface area contributed by atoms with Gasteiger partial charge in [0.1, 0.15) is 0 Å². The molecular formula is C43H53N5O5. The van der Waals surface area contributed by atoms with E-state index in [1.165, 1.54) is 5.56 Å². The number of carbonyl (C=O) groups is 2. The molecule has 2 saturated heterocycles. The van der Waals surface area contributed by atoms with E-state index in [1.54, 1.807) is 12.1 Å². The molecule has 3 atom stereocenters. The monoisotopic (exact) mass is 719 g/mol. The summed E-state index contributed by atoms with van der Waals surface area (Å²) >= 11 is 0. The van der Waals surface area contributed by atoms with Gasteiger partial charge in [0.15, 0.2) is 6.29 Å². The molecular weight excluding hydrogens is 667 g/mol.